The van der Waals surface area contributed by atoms with Gasteiger partial charge in [0, 0.05) is 35.5 Å². The van der Waals surface area contributed by atoms with E-state index in [2.05, 4.69) is 20.3 Å². The van der Waals surface area contributed by atoms with Crippen LogP contribution in [0.2, 0.25) is 0 Å². The Labute approximate surface area is 184 Å². The molecular formula is C23H21N5O4. The van der Waals surface area contributed by atoms with E-state index in [9.17, 15) is 10.1 Å². The summed E-state index contributed by atoms with van der Waals surface area (Å²) in [5.41, 5.74) is 4.07. The molecule has 4 rings (SSSR count). The fourth-order valence-corrected chi connectivity index (χ4v) is 3.48. The molecule has 2 aromatic heterocycles. The summed E-state index contributed by atoms with van der Waals surface area (Å²) in [7, 11) is 3.19. The molecule has 0 radical (unpaired) electrons. The minimum atomic E-state index is -0.420. The second-order valence-corrected chi connectivity index (χ2v) is 7.29. The average Bonchev–Trinajstić information content (AvgIpc) is 2.79. The molecule has 9 heteroatoms. The third-order valence-corrected chi connectivity index (χ3v) is 5.01. The first kappa shape index (κ1) is 21.0. The number of anilines is 2. The molecule has 0 amide bonds. The van der Waals surface area contributed by atoms with E-state index in [0.717, 1.165) is 27.6 Å². The van der Waals surface area contributed by atoms with Gasteiger partial charge < -0.3 is 14.8 Å². The molecule has 0 spiro atoms. The van der Waals surface area contributed by atoms with Crippen LogP contribution in [0, 0.1) is 24.0 Å². The molecule has 0 aliphatic rings. The van der Waals surface area contributed by atoms with Crippen molar-refractivity contribution in [3.05, 3.63) is 70.0 Å². The van der Waals surface area contributed by atoms with Crippen molar-refractivity contribution in [1.29, 1.82) is 0 Å². The number of benzene rings is 2. The number of aromatic nitrogens is 3. The van der Waals surface area contributed by atoms with E-state index in [0.29, 0.717) is 22.8 Å². The lowest BCUT2D eigenvalue weighted by Gasteiger charge is -2.11. The molecule has 0 fully saturated rings. The largest absolute Gasteiger partial charge is 0.497 e. The summed E-state index contributed by atoms with van der Waals surface area (Å²) in [4.78, 5) is 24.3. The van der Waals surface area contributed by atoms with Crippen molar-refractivity contribution >= 4 is 28.4 Å². The molecule has 0 aliphatic heterocycles. The van der Waals surface area contributed by atoms with Crippen molar-refractivity contribution in [2.24, 2.45) is 0 Å². The molecule has 32 heavy (non-hydrogen) atoms. The van der Waals surface area contributed by atoms with Gasteiger partial charge in [0.15, 0.2) is 5.65 Å². The van der Waals surface area contributed by atoms with E-state index < -0.39 is 4.92 Å². The molecule has 0 saturated heterocycles. The molecule has 4 aromatic rings. The Kier molecular flexibility index (Phi) is 5.55. The van der Waals surface area contributed by atoms with E-state index in [-0.39, 0.29) is 11.6 Å². The number of rotatable bonds is 6. The lowest BCUT2D eigenvalue weighted by Crippen LogP contribution is -2.03. The maximum Gasteiger partial charge on any atom is 0.293 e. The minimum absolute atomic E-state index is 0.0264. The summed E-state index contributed by atoms with van der Waals surface area (Å²) in [5, 5.41) is 15.2. The van der Waals surface area contributed by atoms with Crippen molar-refractivity contribution in [3.8, 4) is 22.6 Å². The zero-order valence-electron chi connectivity index (χ0n) is 18.0. The predicted molar refractivity (Wildman–Crippen MR) is 122 cm³/mol. The second kappa shape index (κ2) is 8.46. The molecule has 0 unspecified atom stereocenters. The first-order valence-corrected chi connectivity index (χ1v) is 9.77. The Morgan fingerprint density at radius 2 is 1.62 bits per heavy atom. The molecule has 1 N–H and O–H groups in total. The highest BCUT2D eigenvalue weighted by molar-refractivity contribution is 5.82. The molecule has 9 nitrogen and oxygen atoms in total. The minimum Gasteiger partial charge on any atom is -0.497 e. The number of nitrogens with zero attached hydrogens (tertiary/aromatic N) is 4. The summed E-state index contributed by atoms with van der Waals surface area (Å²) in [5.74, 6) is 1.58. The van der Waals surface area contributed by atoms with Gasteiger partial charge >= 0.3 is 0 Å². The van der Waals surface area contributed by atoms with Gasteiger partial charge in [0.25, 0.3) is 5.69 Å². The molecule has 0 aliphatic carbocycles. The van der Waals surface area contributed by atoms with Crippen LogP contribution in [-0.4, -0.2) is 34.1 Å². The Hall–Kier alpha value is -4.27. The van der Waals surface area contributed by atoms with E-state index in [1.54, 1.807) is 39.6 Å². The van der Waals surface area contributed by atoms with E-state index >= 15 is 0 Å². The number of aryl methyl sites for hydroxylation is 2. The van der Waals surface area contributed by atoms with Gasteiger partial charge in [0.2, 0.25) is 5.95 Å². The number of ether oxygens (including phenoxy) is 2. The number of fused-ring (bicyclic) bond motifs is 1. The zero-order chi connectivity index (χ0) is 22.8. The van der Waals surface area contributed by atoms with Crippen LogP contribution in [0.15, 0.2) is 48.8 Å². The third kappa shape index (κ3) is 4.13. The monoisotopic (exact) mass is 431 g/mol. The van der Waals surface area contributed by atoms with Crippen molar-refractivity contribution in [3.63, 3.8) is 0 Å². The van der Waals surface area contributed by atoms with Crippen LogP contribution in [0.25, 0.3) is 22.2 Å². The maximum absolute atomic E-state index is 11.5. The lowest BCUT2D eigenvalue weighted by atomic mass is 10.1. The number of hydrogen-bond acceptors (Lipinski definition) is 8. The highest BCUT2D eigenvalue weighted by Crippen LogP contribution is 2.33. The highest BCUT2D eigenvalue weighted by atomic mass is 16.6. The van der Waals surface area contributed by atoms with Crippen LogP contribution in [-0.2, 0) is 0 Å². The summed E-state index contributed by atoms with van der Waals surface area (Å²) >= 11 is 0. The molecule has 2 heterocycles. The van der Waals surface area contributed by atoms with Crippen LogP contribution in [0.4, 0.5) is 17.3 Å². The van der Waals surface area contributed by atoms with E-state index in [1.807, 2.05) is 31.2 Å². The number of nitro groups is 1. The Morgan fingerprint density at radius 3 is 2.28 bits per heavy atom. The second-order valence-electron chi connectivity index (χ2n) is 7.29. The summed E-state index contributed by atoms with van der Waals surface area (Å²) in [6.45, 7) is 3.62. The molecule has 0 saturated carbocycles. The van der Waals surface area contributed by atoms with Crippen LogP contribution in [0.3, 0.4) is 0 Å². The van der Waals surface area contributed by atoms with E-state index in [4.69, 9.17) is 9.47 Å². The Bertz CT molecular complexity index is 1320. The Morgan fingerprint density at radius 1 is 0.906 bits per heavy atom. The van der Waals surface area contributed by atoms with Crippen molar-refractivity contribution in [2.45, 2.75) is 13.8 Å². The molecule has 162 valence electrons. The summed E-state index contributed by atoms with van der Waals surface area (Å²) in [6, 6.07) is 10.9. The average molecular weight is 431 g/mol. The van der Waals surface area contributed by atoms with Gasteiger partial charge in [0.1, 0.15) is 17.2 Å². The quantitative estimate of drug-likeness (QED) is 0.336. The van der Waals surface area contributed by atoms with Crippen molar-refractivity contribution < 1.29 is 14.4 Å². The fourth-order valence-electron chi connectivity index (χ4n) is 3.48. The Balaban J connectivity index is 1.70. The number of hydrogen-bond donors (Lipinski definition) is 1. The smallest absolute Gasteiger partial charge is 0.293 e. The predicted octanol–water partition coefficient (Wildman–Crippen LogP) is 4.98. The molecule has 0 bridgehead atoms. The number of methoxy groups -OCH3 is 2. The first-order valence-electron chi connectivity index (χ1n) is 9.77. The van der Waals surface area contributed by atoms with Crippen molar-refractivity contribution in [1.82, 2.24) is 15.0 Å². The fraction of sp³-hybridized carbons (Fsp3) is 0.174. The van der Waals surface area contributed by atoms with Gasteiger partial charge in [-0.25, -0.2) is 9.97 Å². The van der Waals surface area contributed by atoms with Gasteiger partial charge in [-0.3, -0.25) is 10.1 Å². The van der Waals surface area contributed by atoms with Crippen LogP contribution >= 0.6 is 0 Å². The van der Waals surface area contributed by atoms with Crippen LogP contribution < -0.4 is 14.8 Å². The highest BCUT2D eigenvalue weighted by Gasteiger charge is 2.18. The van der Waals surface area contributed by atoms with Gasteiger partial charge in [-0.15, -0.1) is 0 Å². The molecule has 2 aromatic carbocycles. The number of pyridine rings is 1. The van der Waals surface area contributed by atoms with Gasteiger partial charge in [-0.1, -0.05) is 6.07 Å². The number of nitrogens with one attached hydrogen (secondary N) is 1. The van der Waals surface area contributed by atoms with Gasteiger partial charge in [-0.2, -0.15) is 4.98 Å². The number of nitro benzene ring substituents is 1. The van der Waals surface area contributed by atoms with E-state index in [1.165, 1.54) is 6.07 Å². The van der Waals surface area contributed by atoms with Crippen LogP contribution in [0.1, 0.15) is 11.1 Å². The normalized spacial score (nSPS) is 10.8. The third-order valence-electron chi connectivity index (χ3n) is 5.01. The van der Waals surface area contributed by atoms with Gasteiger partial charge in [-0.05, 0) is 48.7 Å². The van der Waals surface area contributed by atoms with Crippen LogP contribution in [0.5, 0.6) is 11.5 Å². The SMILES string of the molecule is COc1cc(OC)cc(-c2cnc3nc(Nc4c(C)cc(C)cc4[N+](=O)[O-])ncc3c2)c1. The molecular weight excluding hydrogens is 410 g/mol. The summed E-state index contributed by atoms with van der Waals surface area (Å²) < 4.78 is 10.7. The first-order chi connectivity index (χ1) is 15.4. The maximum atomic E-state index is 11.5. The summed E-state index contributed by atoms with van der Waals surface area (Å²) in [6.07, 6.45) is 3.33. The molecule has 0 atom stereocenters. The zero-order valence-corrected chi connectivity index (χ0v) is 18.0. The standard InChI is InChI=1S/C23H21N5O4/c1-13-5-14(2)21(20(6-13)28(29)30)26-23-25-12-17-7-16(11-24-22(17)27-23)15-8-18(31-3)10-19(9-15)32-4/h5-12H,1-4H3,(H,24,25,26,27). The lowest BCUT2D eigenvalue weighted by molar-refractivity contribution is -0.384. The van der Waals surface area contributed by atoms with Crippen molar-refractivity contribution in [2.75, 3.05) is 19.5 Å². The topological polar surface area (TPSA) is 112 Å². The van der Waals surface area contributed by atoms with Gasteiger partial charge in [0.05, 0.1) is 19.1 Å².